The van der Waals surface area contributed by atoms with Crippen molar-refractivity contribution in [2.75, 3.05) is 12.4 Å². The fraction of sp³-hybridized carbons (Fsp3) is 0.0588. The number of halogens is 1. The highest BCUT2D eigenvalue weighted by Crippen LogP contribution is 2.35. The van der Waals surface area contributed by atoms with Crippen LogP contribution in [-0.4, -0.2) is 24.1 Å². The Bertz CT molecular complexity index is 858. The number of carboxylic acid groups (broad SMARTS) is 1. The number of methoxy groups -OCH3 is 1. The number of amides is 1. The van der Waals surface area contributed by atoms with Crippen LogP contribution in [-0.2, 0) is 4.79 Å². The van der Waals surface area contributed by atoms with Crippen LogP contribution in [0.3, 0.4) is 0 Å². The predicted octanol–water partition coefficient (Wildman–Crippen LogP) is 3.03. The van der Waals surface area contributed by atoms with Crippen molar-refractivity contribution < 1.29 is 23.8 Å². The van der Waals surface area contributed by atoms with E-state index in [2.05, 4.69) is 5.32 Å². The van der Waals surface area contributed by atoms with Crippen LogP contribution in [0, 0.1) is 5.82 Å². The molecule has 0 radical (unpaired) electrons. The lowest BCUT2D eigenvalue weighted by atomic mass is 10.0. The Kier molecular flexibility index (Phi) is 3.57. The molecule has 0 saturated carbocycles. The molecule has 1 heterocycles. The molecule has 5 nitrogen and oxygen atoms in total. The van der Waals surface area contributed by atoms with Crippen LogP contribution >= 0.6 is 0 Å². The minimum absolute atomic E-state index is 0.0670. The second-order valence-electron chi connectivity index (χ2n) is 4.96. The molecule has 0 atom stereocenters. The van der Waals surface area contributed by atoms with Gasteiger partial charge in [0.25, 0.3) is 5.91 Å². The Morgan fingerprint density at radius 3 is 2.74 bits per heavy atom. The number of carbonyl (C=O) groups excluding carboxylic acids is 1. The molecule has 3 rings (SSSR count). The number of rotatable bonds is 3. The first-order valence-corrected chi connectivity index (χ1v) is 6.74. The molecule has 2 aromatic rings. The van der Waals surface area contributed by atoms with E-state index in [4.69, 9.17) is 9.84 Å². The molecule has 0 aromatic heterocycles. The van der Waals surface area contributed by atoms with Crippen molar-refractivity contribution in [2.24, 2.45) is 0 Å². The van der Waals surface area contributed by atoms with E-state index in [0.717, 1.165) is 0 Å². The Balaban J connectivity index is 2.15. The molecule has 116 valence electrons. The lowest BCUT2D eigenvalue weighted by Crippen LogP contribution is -2.03. The first-order chi connectivity index (χ1) is 11.0. The summed E-state index contributed by atoms with van der Waals surface area (Å²) >= 11 is 0. The van der Waals surface area contributed by atoms with Gasteiger partial charge in [0.05, 0.1) is 12.7 Å². The Hall–Kier alpha value is -3.15. The first-order valence-electron chi connectivity index (χ1n) is 6.74. The quantitative estimate of drug-likeness (QED) is 0.854. The molecule has 0 unspecified atom stereocenters. The molecule has 0 bridgehead atoms. The normalized spacial score (nSPS) is 14.5. The summed E-state index contributed by atoms with van der Waals surface area (Å²) in [6.07, 6.45) is 1.48. The largest absolute Gasteiger partial charge is 0.496 e. The second kappa shape index (κ2) is 5.57. The van der Waals surface area contributed by atoms with E-state index in [0.29, 0.717) is 22.6 Å². The summed E-state index contributed by atoms with van der Waals surface area (Å²) in [5, 5.41) is 11.7. The van der Waals surface area contributed by atoms with Crippen molar-refractivity contribution >= 4 is 29.2 Å². The average Bonchev–Trinajstić information content (AvgIpc) is 2.83. The highest BCUT2D eigenvalue weighted by molar-refractivity contribution is 6.35. The average molecular weight is 313 g/mol. The van der Waals surface area contributed by atoms with Gasteiger partial charge in [-0.15, -0.1) is 0 Å². The van der Waals surface area contributed by atoms with E-state index in [-0.39, 0.29) is 17.0 Å². The van der Waals surface area contributed by atoms with Crippen molar-refractivity contribution in [2.45, 2.75) is 0 Å². The summed E-state index contributed by atoms with van der Waals surface area (Å²) in [6, 6.07) is 8.31. The van der Waals surface area contributed by atoms with E-state index >= 15 is 0 Å². The van der Waals surface area contributed by atoms with Gasteiger partial charge in [0.15, 0.2) is 0 Å². The minimum Gasteiger partial charge on any atom is -0.496 e. The standard InChI is InChI=1S/C17H12FNO4/c1-23-15-5-3-11(18)6-10(15)8-13-12-7-9(17(21)22)2-4-14(12)19-16(13)20/h2-8H,1H3,(H,19,20)(H,21,22)/b13-8+. The molecule has 0 spiro atoms. The van der Waals surface area contributed by atoms with Crippen LogP contribution in [0.15, 0.2) is 36.4 Å². The van der Waals surface area contributed by atoms with Crippen LogP contribution < -0.4 is 10.1 Å². The maximum Gasteiger partial charge on any atom is 0.335 e. The molecule has 2 aromatic carbocycles. The number of carbonyl (C=O) groups is 2. The Labute approximate surface area is 131 Å². The van der Waals surface area contributed by atoms with Gasteiger partial charge in [-0.3, -0.25) is 4.79 Å². The van der Waals surface area contributed by atoms with Crippen molar-refractivity contribution in [3.05, 3.63) is 58.9 Å². The van der Waals surface area contributed by atoms with Crippen molar-refractivity contribution in [1.29, 1.82) is 0 Å². The fourth-order valence-electron chi connectivity index (χ4n) is 2.44. The third-order valence-electron chi connectivity index (χ3n) is 3.54. The fourth-order valence-corrected chi connectivity index (χ4v) is 2.44. The number of hydrogen-bond donors (Lipinski definition) is 2. The number of carboxylic acids is 1. The number of benzene rings is 2. The third-order valence-corrected chi connectivity index (χ3v) is 3.54. The minimum atomic E-state index is -1.09. The van der Waals surface area contributed by atoms with E-state index < -0.39 is 11.8 Å². The van der Waals surface area contributed by atoms with E-state index in [1.807, 2.05) is 0 Å². The SMILES string of the molecule is COc1ccc(F)cc1/C=C1/C(=O)Nc2ccc(C(=O)O)cc21. The van der Waals surface area contributed by atoms with Gasteiger partial charge in [0.1, 0.15) is 11.6 Å². The van der Waals surface area contributed by atoms with Gasteiger partial charge >= 0.3 is 5.97 Å². The molecule has 23 heavy (non-hydrogen) atoms. The molecule has 0 aliphatic carbocycles. The summed E-state index contributed by atoms with van der Waals surface area (Å²) in [7, 11) is 1.44. The van der Waals surface area contributed by atoms with Gasteiger partial charge in [0, 0.05) is 22.4 Å². The van der Waals surface area contributed by atoms with Gasteiger partial charge in [0.2, 0.25) is 0 Å². The Morgan fingerprint density at radius 1 is 1.26 bits per heavy atom. The summed E-state index contributed by atoms with van der Waals surface area (Å²) in [6.45, 7) is 0. The van der Waals surface area contributed by atoms with Crippen LogP contribution in [0.1, 0.15) is 21.5 Å². The van der Waals surface area contributed by atoms with Gasteiger partial charge in [-0.1, -0.05) is 0 Å². The molecule has 2 N–H and O–H groups in total. The van der Waals surface area contributed by atoms with Gasteiger partial charge in [-0.05, 0) is 42.5 Å². The number of aromatic carboxylic acids is 1. The number of anilines is 1. The number of ether oxygens (including phenoxy) is 1. The summed E-state index contributed by atoms with van der Waals surface area (Å²) in [5.74, 6) is -1.52. The highest BCUT2D eigenvalue weighted by atomic mass is 19.1. The summed E-state index contributed by atoms with van der Waals surface area (Å²) < 4.78 is 18.6. The lowest BCUT2D eigenvalue weighted by molar-refractivity contribution is -0.110. The molecular formula is C17H12FNO4. The molecule has 6 heteroatoms. The molecular weight excluding hydrogens is 301 g/mol. The summed E-state index contributed by atoms with van der Waals surface area (Å²) in [4.78, 5) is 23.2. The summed E-state index contributed by atoms with van der Waals surface area (Å²) in [5.41, 5.74) is 1.69. The first kappa shape index (κ1) is 14.8. The Morgan fingerprint density at radius 2 is 2.04 bits per heavy atom. The van der Waals surface area contributed by atoms with Crippen molar-refractivity contribution in [1.82, 2.24) is 0 Å². The molecule has 0 saturated heterocycles. The van der Waals surface area contributed by atoms with Crippen LogP contribution in [0.25, 0.3) is 11.6 Å². The molecule has 0 fully saturated rings. The molecule has 1 aliphatic heterocycles. The number of hydrogen-bond acceptors (Lipinski definition) is 3. The molecule has 1 aliphatic rings. The van der Waals surface area contributed by atoms with Crippen molar-refractivity contribution in [3.63, 3.8) is 0 Å². The van der Waals surface area contributed by atoms with Crippen LogP contribution in [0.4, 0.5) is 10.1 Å². The lowest BCUT2D eigenvalue weighted by Gasteiger charge is -2.06. The van der Waals surface area contributed by atoms with Crippen molar-refractivity contribution in [3.8, 4) is 5.75 Å². The maximum absolute atomic E-state index is 13.5. The number of nitrogens with one attached hydrogen (secondary N) is 1. The van der Waals surface area contributed by atoms with Crippen LogP contribution in [0.2, 0.25) is 0 Å². The highest BCUT2D eigenvalue weighted by Gasteiger charge is 2.25. The van der Waals surface area contributed by atoms with E-state index in [9.17, 15) is 14.0 Å². The zero-order valence-corrected chi connectivity index (χ0v) is 12.1. The van der Waals surface area contributed by atoms with Gasteiger partial charge in [-0.25, -0.2) is 9.18 Å². The van der Waals surface area contributed by atoms with Crippen LogP contribution in [0.5, 0.6) is 5.75 Å². The topological polar surface area (TPSA) is 75.6 Å². The smallest absolute Gasteiger partial charge is 0.335 e. The second-order valence-corrected chi connectivity index (χ2v) is 4.96. The van der Waals surface area contributed by atoms with Gasteiger partial charge in [-0.2, -0.15) is 0 Å². The van der Waals surface area contributed by atoms with Gasteiger partial charge < -0.3 is 15.2 Å². The predicted molar refractivity (Wildman–Crippen MR) is 82.9 cm³/mol. The van der Waals surface area contributed by atoms with E-state index in [1.165, 1.54) is 49.6 Å². The third kappa shape index (κ3) is 2.66. The molecule has 1 amide bonds. The van der Waals surface area contributed by atoms with E-state index in [1.54, 1.807) is 0 Å². The zero-order valence-electron chi connectivity index (χ0n) is 12.1. The zero-order chi connectivity index (χ0) is 16.6. The number of fused-ring (bicyclic) bond motifs is 1. The monoisotopic (exact) mass is 313 g/mol. The maximum atomic E-state index is 13.5.